The maximum atomic E-state index is 10.7. The molecule has 2 aromatic heterocycles. The van der Waals surface area contributed by atoms with Gasteiger partial charge in [0.05, 0.1) is 15.6 Å². The third kappa shape index (κ3) is 3.14. The molecule has 0 saturated carbocycles. The molecule has 2 aromatic rings. The monoisotopic (exact) mass is 281 g/mol. The van der Waals surface area contributed by atoms with E-state index in [9.17, 15) is 4.79 Å². The number of aryl methyl sites for hydroxylation is 2. The van der Waals surface area contributed by atoms with Crippen molar-refractivity contribution in [2.24, 2.45) is 5.92 Å². The van der Waals surface area contributed by atoms with E-state index in [1.165, 1.54) is 11.3 Å². The first kappa shape index (κ1) is 13.6. The van der Waals surface area contributed by atoms with Gasteiger partial charge < -0.3 is 5.11 Å². The summed E-state index contributed by atoms with van der Waals surface area (Å²) >= 11 is 1.54. The fourth-order valence-corrected chi connectivity index (χ4v) is 2.80. The summed E-state index contributed by atoms with van der Waals surface area (Å²) in [6.45, 7) is 6.19. The smallest absolute Gasteiger partial charge is 0.303 e. The number of tetrazole rings is 1. The van der Waals surface area contributed by atoms with Gasteiger partial charge in [-0.15, -0.1) is 16.4 Å². The number of nitrogens with zero attached hydrogens (tertiary/aromatic N) is 5. The van der Waals surface area contributed by atoms with Crippen molar-refractivity contribution in [2.75, 3.05) is 0 Å². The largest absolute Gasteiger partial charge is 0.481 e. The van der Waals surface area contributed by atoms with Crippen molar-refractivity contribution in [3.05, 3.63) is 10.7 Å². The predicted molar refractivity (Wildman–Crippen MR) is 69.8 cm³/mol. The van der Waals surface area contributed by atoms with Gasteiger partial charge in [0.1, 0.15) is 0 Å². The minimum Gasteiger partial charge on any atom is -0.481 e. The first-order valence-electron chi connectivity index (χ1n) is 5.89. The Morgan fingerprint density at radius 2 is 2.21 bits per heavy atom. The molecular weight excluding hydrogens is 266 g/mol. The van der Waals surface area contributed by atoms with Crippen LogP contribution in [0.4, 0.5) is 0 Å². The number of carbonyl (C=O) groups is 1. The first-order chi connectivity index (χ1) is 8.97. The molecule has 0 fully saturated rings. The summed E-state index contributed by atoms with van der Waals surface area (Å²) in [5, 5.41) is 21.4. The molecule has 1 N–H and O–H groups in total. The molecule has 1 atom stereocenters. The number of hydrogen-bond donors (Lipinski definition) is 1. The van der Waals surface area contributed by atoms with E-state index in [0.717, 1.165) is 15.6 Å². The summed E-state index contributed by atoms with van der Waals surface area (Å²) < 4.78 is 1.65. The minimum absolute atomic E-state index is 0.0333. The van der Waals surface area contributed by atoms with Gasteiger partial charge in [-0.25, -0.2) is 9.67 Å². The summed E-state index contributed by atoms with van der Waals surface area (Å²) in [6.07, 6.45) is 0.0972. The van der Waals surface area contributed by atoms with Crippen LogP contribution in [0.5, 0.6) is 0 Å². The van der Waals surface area contributed by atoms with Crippen LogP contribution in [0, 0.1) is 19.8 Å². The Hall–Kier alpha value is -1.83. The van der Waals surface area contributed by atoms with E-state index >= 15 is 0 Å². The van der Waals surface area contributed by atoms with Crippen molar-refractivity contribution in [1.82, 2.24) is 25.2 Å². The second-order valence-corrected chi connectivity index (χ2v) is 5.74. The van der Waals surface area contributed by atoms with E-state index in [2.05, 4.69) is 20.5 Å². The zero-order chi connectivity index (χ0) is 14.0. The average Bonchev–Trinajstić information content (AvgIpc) is 2.83. The number of hydrogen-bond acceptors (Lipinski definition) is 6. The molecule has 0 aliphatic heterocycles. The molecule has 0 bridgehead atoms. The molecule has 0 aromatic carbocycles. The topological polar surface area (TPSA) is 93.8 Å². The highest BCUT2D eigenvalue weighted by molar-refractivity contribution is 7.15. The average molecular weight is 281 g/mol. The van der Waals surface area contributed by atoms with Crippen molar-refractivity contribution in [2.45, 2.75) is 33.7 Å². The molecule has 0 saturated heterocycles. The Bertz CT molecular complexity index is 592. The van der Waals surface area contributed by atoms with Crippen LogP contribution >= 0.6 is 11.3 Å². The lowest BCUT2D eigenvalue weighted by Crippen LogP contribution is -2.14. The third-order valence-electron chi connectivity index (χ3n) is 2.65. The summed E-state index contributed by atoms with van der Waals surface area (Å²) in [5.41, 5.74) is 0.893. The molecule has 0 radical (unpaired) electrons. The van der Waals surface area contributed by atoms with E-state index in [-0.39, 0.29) is 12.3 Å². The van der Waals surface area contributed by atoms with E-state index in [4.69, 9.17) is 5.11 Å². The van der Waals surface area contributed by atoms with E-state index in [1.807, 2.05) is 20.8 Å². The second-order valence-electron chi connectivity index (χ2n) is 4.54. The summed E-state index contributed by atoms with van der Waals surface area (Å²) in [4.78, 5) is 16.0. The van der Waals surface area contributed by atoms with Crippen molar-refractivity contribution in [3.8, 4) is 10.7 Å². The van der Waals surface area contributed by atoms with Crippen molar-refractivity contribution >= 4 is 17.3 Å². The molecule has 0 aliphatic rings. The molecule has 2 heterocycles. The van der Waals surface area contributed by atoms with Crippen LogP contribution in [0.25, 0.3) is 10.7 Å². The normalized spacial score (nSPS) is 12.6. The molecule has 1 unspecified atom stereocenters. The molecule has 19 heavy (non-hydrogen) atoms. The number of carboxylic acid groups (broad SMARTS) is 1. The standard InChI is InChI=1S/C11H15N5O2S/c1-6(4-9(17)18)5-16-11(13-14-15-16)10-7(2)12-8(3)19-10/h6H,4-5H2,1-3H3,(H,17,18). The van der Waals surface area contributed by atoms with Gasteiger partial charge in [-0.05, 0) is 30.2 Å². The Morgan fingerprint density at radius 3 is 2.79 bits per heavy atom. The second kappa shape index (κ2) is 5.43. The van der Waals surface area contributed by atoms with Crippen LogP contribution in [0.15, 0.2) is 0 Å². The Balaban J connectivity index is 2.23. The quantitative estimate of drug-likeness (QED) is 0.893. The number of aromatic nitrogens is 5. The van der Waals surface area contributed by atoms with Crippen LogP contribution in [0.1, 0.15) is 24.0 Å². The van der Waals surface area contributed by atoms with Crippen LogP contribution in [-0.2, 0) is 11.3 Å². The zero-order valence-electron chi connectivity index (χ0n) is 11.0. The van der Waals surface area contributed by atoms with Crippen LogP contribution < -0.4 is 0 Å². The Kier molecular flexibility index (Phi) is 3.89. The molecule has 0 spiro atoms. The van der Waals surface area contributed by atoms with Crippen LogP contribution in [0.2, 0.25) is 0 Å². The maximum Gasteiger partial charge on any atom is 0.303 e. The number of carboxylic acids is 1. The van der Waals surface area contributed by atoms with Gasteiger partial charge >= 0.3 is 5.97 Å². The highest BCUT2D eigenvalue weighted by atomic mass is 32.1. The molecule has 2 rings (SSSR count). The Labute approximate surface area is 114 Å². The fraction of sp³-hybridized carbons (Fsp3) is 0.545. The van der Waals surface area contributed by atoms with E-state index in [1.54, 1.807) is 4.68 Å². The molecule has 102 valence electrons. The molecule has 8 heteroatoms. The number of aliphatic carboxylic acids is 1. The molecular formula is C11H15N5O2S. The lowest BCUT2D eigenvalue weighted by Gasteiger charge is -2.09. The van der Waals surface area contributed by atoms with Crippen molar-refractivity contribution in [1.29, 1.82) is 0 Å². The van der Waals surface area contributed by atoms with Gasteiger partial charge in [-0.2, -0.15) is 0 Å². The van der Waals surface area contributed by atoms with Gasteiger partial charge in [0.2, 0.25) is 0 Å². The lowest BCUT2D eigenvalue weighted by molar-refractivity contribution is -0.138. The number of thiazole rings is 1. The highest BCUT2D eigenvalue weighted by Crippen LogP contribution is 2.27. The van der Waals surface area contributed by atoms with Gasteiger partial charge in [0, 0.05) is 13.0 Å². The summed E-state index contributed by atoms with van der Waals surface area (Å²) in [7, 11) is 0. The van der Waals surface area contributed by atoms with Gasteiger partial charge in [0.15, 0.2) is 5.82 Å². The van der Waals surface area contributed by atoms with E-state index in [0.29, 0.717) is 12.4 Å². The maximum absolute atomic E-state index is 10.7. The highest BCUT2D eigenvalue weighted by Gasteiger charge is 2.17. The minimum atomic E-state index is -0.813. The zero-order valence-corrected chi connectivity index (χ0v) is 11.8. The van der Waals surface area contributed by atoms with Crippen LogP contribution in [-0.4, -0.2) is 36.3 Å². The van der Waals surface area contributed by atoms with Crippen LogP contribution in [0.3, 0.4) is 0 Å². The van der Waals surface area contributed by atoms with Gasteiger partial charge in [-0.1, -0.05) is 6.92 Å². The van der Waals surface area contributed by atoms with E-state index < -0.39 is 5.97 Å². The molecule has 7 nitrogen and oxygen atoms in total. The molecule has 0 aliphatic carbocycles. The predicted octanol–water partition coefficient (Wildman–Crippen LogP) is 1.52. The first-order valence-corrected chi connectivity index (χ1v) is 6.71. The lowest BCUT2D eigenvalue weighted by atomic mass is 10.1. The SMILES string of the molecule is Cc1nc(C)c(-c2nnnn2CC(C)CC(=O)O)s1. The number of rotatable bonds is 5. The van der Waals surface area contributed by atoms with Crippen molar-refractivity contribution < 1.29 is 9.90 Å². The summed E-state index contributed by atoms with van der Waals surface area (Å²) in [6, 6.07) is 0. The van der Waals surface area contributed by atoms with Gasteiger partial charge in [-0.3, -0.25) is 4.79 Å². The Morgan fingerprint density at radius 1 is 1.47 bits per heavy atom. The third-order valence-corrected chi connectivity index (χ3v) is 3.72. The summed E-state index contributed by atoms with van der Waals surface area (Å²) in [5.74, 6) is -0.193. The fourth-order valence-electron chi connectivity index (χ4n) is 1.89. The molecule has 0 amide bonds. The van der Waals surface area contributed by atoms with Crippen molar-refractivity contribution in [3.63, 3.8) is 0 Å². The van der Waals surface area contributed by atoms with Gasteiger partial charge in [0.25, 0.3) is 0 Å².